The Balaban J connectivity index is 0.00000128. The van der Waals surface area contributed by atoms with Crippen molar-refractivity contribution in [3.05, 3.63) is 60.7 Å². The van der Waals surface area contributed by atoms with Crippen molar-refractivity contribution in [2.24, 2.45) is 0 Å². The van der Waals surface area contributed by atoms with Gasteiger partial charge in [0, 0.05) is 11.4 Å². The molecule has 0 radical (unpaired) electrons. The summed E-state index contributed by atoms with van der Waals surface area (Å²) in [5.41, 5.74) is 2.00. The van der Waals surface area contributed by atoms with Crippen molar-refractivity contribution in [2.75, 3.05) is 4.90 Å². The summed E-state index contributed by atoms with van der Waals surface area (Å²) in [6, 6.07) is 19.7. The number of nitrogens with zero attached hydrogens (tertiary/aromatic N) is 1. The van der Waals surface area contributed by atoms with Gasteiger partial charge < -0.3 is 4.90 Å². The molecular formula is C14H16N2. The Hall–Kier alpha value is -2.09. The van der Waals surface area contributed by atoms with E-state index < -0.39 is 0 Å². The second-order valence-corrected chi connectivity index (χ2v) is 3.17. The second kappa shape index (κ2) is 5.71. The summed E-state index contributed by atoms with van der Waals surface area (Å²) in [4.78, 5) is 1.83. The molecule has 0 bridgehead atoms. The highest BCUT2D eigenvalue weighted by Crippen LogP contribution is 2.22. The molecule has 0 aromatic heterocycles. The van der Waals surface area contributed by atoms with Crippen molar-refractivity contribution in [1.82, 2.24) is 0 Å². The maximum absolute atomic E-state index is 7.44. The van der Waals surface area contributed by atoms with Crippen LogP contribution < -0.4 is 4.90 Å². The van der Waals surface area contributed by atoms with Gasteiger partial charge in [0.2, 0.25) is 0 Å². The lowest BCUT2D eigenvalue weighted by Gasteiger charge is -2.18. The monoisotopic (exact) mass is 212 g/mol. The van der Waals surface area contributed by atoms with Gasteiger partial charge in [-0.3, -0.25) is 5.41 Å². The molecule has 0 heterocycles. The van der Waals surface area contributed by atoms with Gasteiger partial charge in [-0.1, -0.05) is 43.8 Å². The largest absolute Gasteiger partial charge is 0.302 e. The Bertz CT molecular complexity index is 384. The fourth-order valence-corrected chi connectivity index (χ4v) is 1.48. The molecule has 0 atom stereocenters. The predicted octanol–water partition coefficient (Wildman–Crippen LogP) is 4.07. The van der Waals surface area contributed by atoms with Gasteiger partial charge in [-0.05, 0) is 24.3 Å². The van der Waals surface area contributed by atoms with Crippen LogP contribution in [0.15, 0.2) is 60.7 Å². The van der Waals surface area contributed by atoms with Gasteiger partial charge >= 0.3 is 0 Å². The minimum Gasteiger partial charge on any atom is -0.302 e. The van der Waals surface area contributed by atoms with Crippen LogP contribution in [0.1, 0.15) is 7.43 Å². The summed E-state index contributed by atoms with van der Waals surface area (Å²) in [7, 11) is 0. The first-order valence-corrected chi connectivity index (χ1v) is 4.82. The Morgan fingerprint density at radius 2 is 1.12 bits per heavy atom. The quantitative estimate of drug-likeness (QED) is 0.602. The Morgan fingerprint density at radius 3 is 1.44 bits per heavy atom. The standard InChI is InChI=1S/C13H12N2.CH4/c14-11-15(12-7-3-1-4-8-12)13-9-5-2-6-10-13;/h1-11,14H;1H4. The summed E-state index contributed by atoms with van der Waals surface area (Å²) in [6.45, 7) is 0. The molecule has 0 saturated heterocycles. The molecule has 2 heteroatoms. The number of nitrogens with one attached hydrogen (secondary N) is 1. The highest BCUT2D eigenvalue weighted by atomic mass is 15.1. The molecule has 16 heavy (non-hydrogen) atoms. The van der Waals surface area contributed by atoms with Crippen molar-refractivity contribution in [3.8, 4) is 0 Å². The Labute approximate surface area is 96.7 Å². The van der Waals surface area contributed by atoms with E-state index in [0.29, 0.717) is 0 Å². The van der Waals surface area contributed by atoms with Crippen LogP contribution in [0.3, 0.4) is 0 Å². The minimum atomic E-state index is 0. The van der Waals surface area contributed by atoms with E-state index in [1.807, 2.05) is 65.6 Å². The van der Waals surface area contributed by atoms with Crippen LogP contribution in [0.4, 0.5) is 11.4 Å². The number of para-hydroxylation sites is 2. The number of rotatable bonds is 3. The molecule has 0 saturated carbocycles. The highest BCUT2D eigenvalue weighted by Gasteiger charge is 2.03. The first kappa shape index (κ1) is 12.0. The van der Waals surface area contributed by atoms with E-state index in [4.69, 9.17) is 5.41 Å². The molecular weight excluding hydrogens is 196 g/mol. The topological polar surface area (TPSA) is 27.1 Å². The van der Waals surface area contributed by atoms with Crippen LogP contribution in [-0.4, -0.2) is 6.34 Å². The van der Waals surface area contributed by atoms with Crippen molar-refractivity contribution in [2.45, 2.75) is 7.43 Å². The summed E-state index contributed by atoms with van der Waals surface area (Å²) < 4.78 is 0. The molecule has 0 aliphatic rings. The maximum Gasteiger partial charge on any atom is 0.0907 e. The molecule has 0 unspecified atom stereocenters. The molecule has 0 fully saturated rings. The zero-order valence-electron chi connectivity index (χ0n) is 8.30. The van der Waals surface area contributed by atoms with Crippen LogP contribution in [0.5, 0.6) is 0 Å². The summed E-state index contributed by atoms with van der Waals surface area (Å²) >= 11 is 0. The van der Waals surface area contributed by atoms with E-state index in [0.717, 1.165) is 11.4 Å². The third-order valence-electron chi connectivity index (χ3n) is 2.20. The van der Waals surface area contributed by atoms with E-state index in [1.54, 1.807) is 0 Å². The smallest absolute Gasteiger partial charge is 0.0907 e. The highest BCUT2D eigenvalue weighted by molar-refractivity contribution is 5.87. The van der Waals surface area contributed by atoms with E-state index in [9.17, 15) is 0 Å². The van der Waals surface area contributed by atoms with Gasteiger partial charge in [0.05, 0.1) is 6.34 Å². The Morgan fingerprint density at radius 1 is 0.750 bits per heavy atom. The van der Waals surface area contributed by atoms with E-state index in [-0.39, 0.29) is 7.43 Å². The van der Waals surface area contributed by atoms with E-state index in [1.165, 1.54) is 6.34 Å². The Kier molecular flexibility index (Phi) is 4.28. The number of hydrogen-bond acceptors (Lipinski definition) is 1. The molecule has 0 amide bonds. The molecule has 2 aromatic carbocycles. The summed E-state index contributed by atoms with van der Waals surface area (Å²) in [5, 5.41) is 7.44. The third-order valence-corrected chi connectivity index (χ3v) is 2.20. The second-order valence-electron chi connectivity index (χ2n) is 3.17. The van der Waals surface area contributed by atoms with Crippen LogP contribution in [0.25, 0.3) is 0 Å². The minimum absolute atomic E-state index is 0. The predicted molar refractivity (Wildman–Crippen MR) is 70.5 cm³/mol. The molecule has 82 valence electrons. The van der Waals surface area contributed by atoms with Crippen molar-refractivity contribution >= 4 is 17.7 Å². The van der Waals surface area contributed by atoms with Gasteiger partial charge in [-0.15, -0.1) is 0 Å². The zero-order valence-corrected chi connectivity index (χ0v) is 8.30. The maximum atomic E-state index is 7.44. The van der Waals surface area contributed by atoms with Gasteiger partial charge in [0.25, 0.3) is 0 Å². The lowest BCUT2D eigenvalue weighted by atomic mass is 10.2. The molecule has 0 spiro atoms. The first-order chi connectivity index (χ1) is 7.42. The average Bonchev–Trinajstić information content (AvgIpc) is 2.33. The van der Waals surface area contributed by atoms with Crippen molar-refractivity contribution < 1.29 is 0 Å². The summed E-state index contributed by atoms with van der Waals surface area (Å²) in [6.07, 6.45) is 1.32. The fraction of sp³-hybridized carbons (Fsp3) is 0.0714. The normalized spacial score (nSPS) is 9.00. The fourth-order valence-electron chi connectivity index (χ4n) is 1.48. The van der Waals surface area contributed by atoms with Crippen molar-refractivity contribution in [1.29, 1.82) is 5.41 Å². The van der Waals surface area contributed by atoms with Crippen molar-refractivity contribution in [3.63, 3.8) is 0 Å². The van der Waals surface area contributed by atoms with E-state index in [2.05, 4.69) is 0 Å². The number of benzene rings is 2. The number of anilines is 2. The van der Waals surface area contributed by atoms with Crippen LogP contribution in [-0.2, 0) is 0 Å². The van der Waals surface area contributed by atoms with Gasteiger partial charge in [0.1, 0.15) is 0 Å². The van der Waals surface area contributed by atoms with Gasteiger partial charge in [-0.25, -0.2) is 0 Å². The lowest BCUT2D eigenvalue weighted by molar-refractivity contribution is 1.34. The van der Waals surface area contributed by atoms with Crippen LogP contribution >= 0.6 is 0 Å². The lowest BCUT2D eigenvalue weighted by Crippen LogP contribution is -2.12. The zero-order chi connectivity index (χ0) is 10.5. The SMILES string of the molecule is C.N=CN(c1ccccc1)c1ccccc1. The molecule has 2 rings (SSSR count). The molecule has 0 aliphatic heterocycles. The van der Waals surface area contributed by atoms with Crippen LogP contribution in [0.2, 0.25) is 0 Å². The average molecular weight is 212 g/mol. The molecule has 0 aliphatic carbocycles. The van der Waals surface area contributed by atoms with E-state index >= 15 is 0 Å². The first-order valence-electron chi connectivity index (χ1n) is 4.82. The summed E-state index contributed by atoms with van der Waals surface area (Å²) in [5.74, 6) is 0. The number of hydrogen-bond donors (Lipinski definition) is 1. The van der Waals surface area contributed by atoms with Crippen LogP contribution in [0, 0.1) is 5.41 Å². The molecule has 2 nitrogen and oxygen atoms in total. The molecule has 2 aromatic rings. The van der Waals surface area contributed by atoms with Gasteiger partial charge in [-0.2, -0.15) is 0 Å². The molecule has 1 N–H and O–H groups in total. The van der Waals surface area contributed by atoms with Gasteiger partial charge in [0.15, 0.2) is 0 Å². The third kappa shape index (κ3) is 2.48.